The molecule has 0 aliphatic carbocycles. The topological polar surface area (TPSA) is 65.1 Å². The van der Waals surface area contributed by atoms with Crippen LogP contribution in [0, 0.1) is 5.92 Å². The molecule has 0 unspecified atom stereocenters. The number of rotatable bonds is 3. The fourth-order valence-corrected chi connectivity index (χ4v) is 4.51. The van der Waals surface area contributed by atoms with E-state index in [0.29, 0.717) is 32.7 Å². The van der Waals surface area contributed by atoms with Gasteiger partial charge in [0.1, 0.15) is 0 Å². The van der Waals surface area contributed by atoms with Crippen LogP contribution in [0.2, 0.25) is 10.0 Å². The smallest absolute Gasteiger partial charge is 0.332 e. The number of halogens is 2. The summed E-state index contributed by atoms with van der Waals surface area (Å²) in [6.45, 7) is 4.07. The molecule has 0 bridgehead atoms. The van der Waals surface area contributed by atoms with Gasteiger partial charge in [0.25, 0.3) is 5.56 Å². The first-order valence-corrected chi connectivity index (χ1v) is 10.4. The third kappa shape index (κ3) is 3.46. The SMILES string of the molecule is C[C@@H]1CCCN(c2nc3c(c(=O)n(Cc4ccc(Cl)cc4Cl)c(=O)n3C)n2C)C1. The number of hydrogen-bond acceptors (Lipinski definition) is 4. The molecule has 4 rings (SSSR count). The van der Waals surface area contributed by atoms with Crippen LogP contribution in [0.3, 0.4) is 0 Å². The van der Waals surface area contributed by atoms with Crippen LogP contribution in [0.15, 0.2) is 27.8 Å². The second-order valence-electron chi connectivity index (χ2n) is 7.81. The molecule has 0 amide bonds. The van der Waals surface area contributed by atoms with Crippen molar-refractivity contribution in [3.05, 3.63) is 54.6 Å². The van der Waals surface area contributed by atoms with E-state index in [1.165, 1.54) is 15.6 Å². The van der Waals surface area contributed by atoms with Crippen molar-refractivity contribution >= 4 is 40.3 Å². The molecule has 7 nitrogen and oxygen atoms in total. The maximum Gasteiger partial charge on any atom is 0.332 e. The summed E-state index contributed by atoms with van der Waals surface area (Å²) >= 11 is 12.2. The highest BCUT2D eigenvalue weighted by atomic mass is 35.5. The van der Waals surface area contributed by atoms with Gasteiger partial charge in [0.05, 0.1) is 6.54 Å². The van der Waals surface area contributed by atoms with Gasteiger partial charge in [-0.1, -0.05) is 36.2 Å². The zero-order valence-electron chi connectivity index (χ0n) is 16.7. The molecule has 1 atom stereocenters. The standard InChI is InChI=1S/C20H23Cl2N5O2/c1-12-5-4-8-26(10-12)19-23-17-16(24(19)2)18(28)27(20(29)25(17)3)11-13-6-7-14(21)9-15(13)22/h6-7,9,12H,4-5,8,10-11H2,1-3H3/t12-/m1/s1. The third-order valence-corrected chi connectivity index (χ3v) is 6.21. The average molecular weight is 436 g/mol. The summed E-state index contributed by atoms with van der Waals surface area (Å²) in [5, 5.41) is 0.918. The summed E-state index contributed by atoms with van der Waals surface area (Å²) < 4.78 is 4.42. The summed E-state index contributed by atoms with van der Waals surface area (Å²) in [7, 11) is 3.47. The van der Waals surface area contributed by atoms with E-state index < -0.39 is 5.69 Å². The van der Waals surface area contributed by atoms with E-state index in [9.17, 15) is 9.59 Å². The van der Waals surface area contributed by atoms with E-state index in [4.69, 9.17) is 23.2 Å². The lowest BCUT2D eigenvalue weighted by atomic mass is 10.0. The number of aryl methyl sites for hydroxylation is 2. The molecule has 9 heteroatoms. The number of benzene rings is 1. The van der Waals surface area contributed by atoms with Crippen LogP contribution in [0.1, 0.15) is 25.3 Å². The first kappa shape index (κ1) is 20.0. The summed E-state index contributed by atoms with van der Waals surface area (Å²) in [6.07, 6.45) is 2.27. The molecule has 1 saturated heterocycles. The van der Waals surface area contributed by atoms with Crippen LogP contribution >= 0.6 is 23.2 Å². The predicted molar refractivity (Wildman–Crippen MR) is 116 cm³/mol. The van der Waals surface area contributed by atoms with Crippen LogP contribution < -0.4 is 16.1 Å². The Morgan fingerprint density at radius 1 is 1.17 bits per heavy atom. The monoisotopic (exact) mass is 435 g/mol. The molecule has 1 aliphatic heterocycles. The lowest BCUT2D eigenvalue weighted by molar-refractivity contribution is 0.440. The fraction of sp³-hybridized carbons (Fsp3) is 0.450. The number of piperidine rings is 1. The van der Waals surface area contributed by atoms with E-state index >= 15 is 0 Å². The zero-order chi connectivity index (χ0) is 20.9. The van der Waals surface area contributed by atoms with Crippen molar-refractivity contribution in [1.82, 2.24) is 18.7 Å². The summed E-state index contributed by atoms with van der Waals surface area (Å²) in [6, 6.07) is 5.02. The molecule has 0 spiro atoms. The quantitative estimate of drug-likeness (QED) is 0.633. The highest BCUT2D eigenvalue weighted by molar-refractivity contribution is 6.35. The van der Waals surface area contributed by atoms with E-state index in [-0.39, 0.29) is 12.1 Å². The van der Waals surface area contributed by atoms with Gasteiger partial charge >= 0.3 is 5.69 Å². The molecular weight excluding hydrogens is 413 g/mol. The minimum Gasteiger partial charge on any atom is -0.342 e. The van der Waals surface area contributed by atoms with Crippen molar-refractivity contribution in [2.24, 2.45) is 20.0 Å². The number of fused-ring (bicyclic) bond motifs is 1. The summed E-state index contributed by atoms with van der Waals surface area (Å²) in [4.78, 5) is 33.1. The van der Waals surface area contributed by atoms with Gasteiger partial charge in [0, 0.05) is 37.2 Å². The van der Waals surface area contributed by atoms with Gasteiger partial charge in [-0.2, -0.15) is 4.98 Å². The molecule has 1 aliphatic rings. The van der Waals surface area contributed by atoms with Gasteiger partial charge in [0.2, 0.25) is 5.95 Å². The lowest BCUT2D eigenvalue weighted by Crippen LogP contribution is -2.40. The highest BCUT2D eigenvalue weighted by Crippen LogP contribution is 2.24. The van der Waals surface area contributed by atoms with Crippen LogP contribution in [0.25, 0.3) is 11.2 Å². The average Bonchev–Trinajstić information content (AvgIpc) is 3.02. The number of nitrogens with zero attached hydrogens (tertiary/aromatic N) is 5. The van der Waals surface area contributed by atoms with Gasteiger partial charge in [-0.3, -0.25) is 13.9 Å². The minimum absolute atomic E-state index is 0.0682. The van der Waals surface area contributed by atoms with Crippen molar-refractivity contribution in [3.63, 3.8) is 0 Å². The fourth-order valence-electron chi connectivity index (χ4n) is 4.05. The van der Waals surface area contributed by atoms with Crippen LogP contribution in [0.4, 0.5) is 5.95 Å². The van der Waals surface area contributed by atoms with Gasteiger partial charge in [0.15, 0.2) is 11.2 Å². The number of imidazole rings is 1. The molecule has 1 aromatic carbocycles. The Balaban J connectivity index is 1.86. The molecule has 0 radical (unpaired) electrons. The van der Waals surface area contributed by atoms with Gasteiger partial charge < -0.3 is 9.47 Å². The summed E-state index contributed by atoms with van der Waals surface area (Å²) in [5.74, 6) is 1.29. The Kier molecular flexibility index (Phi) is 5.21. The van der Waals surface area contributed by atoms with Crippen molar-refractivity contribution in [2.45, 2.75) is 26.3 Å². The Hall–Kier alpha value is -2.25. The van der Waals surface area contributed by atoms with E-state index in [1.807, 2.05) is 7.05 Å². The second-order valence-corrected chi connectivity index (χ2v) is 8.65. The van der Waals surface area contributed by atoms with E-state index in [2.05, 4.69) is 16.8 Å². The Bertz CT molecular complexity index is 1210. The molecule has 0 N–H and O–H groups in total. The highest BCUT2D eigenvalue weighted by Gasteiger charge is 2.24. The Morgan fingerprint density at radius 3 is 2.62 bits per heavy atom. The minimum atomic E-state index is -0.426. The number of aromatic nitrogens is 4. The molecule has 3 aromatic rings. The van der Waals surface area contributed by atoms with Crippen LogP contribution in [-0.2, 0) is 20.6 Å². The number of anilines is 1. The third-order valence-electron chi connectivity index (χ3n) is 5.62. The van der Waals surface area contributed by atoms with Crippen molar-refractivity contribution in [1.29, 1.82) is 0 Å². The predicted octanol–water partition coefficient (Wildman–Crippen LogP) is 3.03. The first-order valence-electron chi connectivity index (χ1n) is 9.63. The van der Waals surface area contributed by atoms with Gasteiger partial charge in [-0.15, -0.1) is 0 Å². The molecule has 29 heavy (non-hydrogen) atoms. The van der Waals surface area contributed by atoms with Crippen LogP contribution in [0.5, 0.6) is 0 Å². The normalized spacial score (nSPS) is 17.3. The Morgan fingerprint density at radius 2 is 1.93 bits per heavy atom. The molecule has 1 fully saturated rings. The van der Waals surface area contributed by atoms with Crippen molar-refractivity contribution < 1.29 is 0 Å². The Labute approximate surface area is 178 Å². The summed E-state index contributed by atoms with van der Waals surface area (Å²) in [5.41, 5.74) is 0.659. The first-order chi connectivity index (χ1) is 13.8. The molecular formula is C20H23Cl2N5O2. The maximum absolute atomic E-state index is 13.3. The van der Waals surface area contributed by atoms with E-state index in [0.717, 1.165) is 25.5 Å². The molecule has 2 aromatic heterocycles. The molecule has 3 heterocycles. The second kappa shape index (κ2) is 7.54. The number of hydrogen-bond donors (Lipinski definition) is 0. The van der Waals surface area contributed by atoms with Crippen molar-refractivity contribution in [2.75, 3.05) is 18.0 Å². The molecule has 154 valence electrons. The molecule has 0 saturated carbocycles. The van der Waals surface area contributed by atoms with Gasteiger partial charge in [-0.05, 0) is 36.5 Å². The van der Waals surface area contributed by atoms with E-state index in [1.54, 1.807) is 29.8 Å². The maximum atomic E-state index is 13.3. The zero-order valence-corrected chi connectivity index (χ0v) is 18.2. The van der Waals surface area contributed by atoms with Gasteiger partial charge in [-0.25, -0.2) is 4.79 Å². The lowest BCUT2D eigenvalue weighted by Gasteiger charge is -2.31. The van der Waals surface area contributed by atoms with Crippen LogP contribution in [-0.4, -0.2) is 31.8 Å². The van der Waals surface area contributed by atoms with Crippen molar-refractivity contribution in [3.8, 4) is 0 Å². The largest absolute Gasteiger partial charge is 0.342 e.